The number of nitrogens with one attached hydrogen (secondary N) is 2. The van der Waals surface area contributed by atoms with Crippen LogP contribution < -0.4 is 10.6 Å². The third-order valence-electron chi connectivity index (χ3n) is 2.56. The van der Waals surface area contributed by atoms with Crippen LogP contribution in [0.25, 0.3) is 0 Å². The van der Waals surface area contributed by atoms with Gasteiger partial charge in [-0.3, -0.25) is 4.79 Å². The number of aromatic nitrogens is 1. The molecule has 1 aromatic heterocycles. The van der Waals surface area contributed by atoms with Crippen LogP contribution in [-0.4, -0.2) is 24.1 Å². The van der Waals surface area contributed by atoms with Crippen molar-refractivity contribution in [3.8, 4) is 0 Å². The van der Waals surface area contributed by atoms with Crippen LogP contribution in [0.1, 0.15) is 25.8 Å². The molecule has 96 valence electrons. The molecule has 0 unspecified atom stereocenters. The number of nitrogens with zero attached hydrogens (tertiary/aromatic N) is 1. The predicted molar refractivity (Wildman–Crippen MR) is 69.7 cm³/mol. The molecule has 1 heterocycles. The molecule has 0 saturated carbocycles. The smallest absolute Gasteiger partial charge is 0.239 e. The fraction of sp³-hybridized carbons (Fsp3) is 0.615. The van der Waals surface area contributed by atoms with Crippen molar-refractivity contribution in [1.29, 1.82) is 0 Å². The summed E-state index contributed by atoms with van der Waals surface area (Å²) in [6.07, 6.45) is 4.97. The molecule has 4 heteroatoms. The summed E-state index contributed by atoms with van der Waals surface area (Å²) in [7, 11) is 1.91. The minimum Gasteiger partial charge on any atom is -0.355 e. The molecule has 1 amide bonds. The molecule has 17 heavy (non-hydrogen) atoms. The Hall–Kier alpha value is -1.29. The van der Waals surface area contributed by atoms with E-state index < -0.39 is 0 Å². The van der Waals surface area contributed by atoms with Crippen molar-refractivity contribution in [2.45, 2.75) is 33.4 Å². The van der Waals surface area contributed by atoms with E-state index in [2.05, 4.69) is 24.5 Å². The molecule has 1 rings (SSSR count). The molecule has 4 nitrogen and oxygen atoms in total. The van der Waals surface area contributed by atoms with E-state index in [0.29, 0.717) is 12.5 Å². The van der Waals surface area contributed by atoms with Gasteiger partial charge in [0.1, 0.15) is 6.54 Å². The first-order chi connectivity index (χ1) is 8.11. The predicted octanol–water partition coefficient (Wildman–Crippen LogP) is 1.37. The van der Waals surface area contributed by atoms with Crippen molar-refractivity contribution in [2.24, 2.45) is 5.92 Å². The number of rotatable bonds is 7. The van der Waals surface area contributed by atoms with E-state index in [4.69, 9.17) is 0 Å². The first-order valence-electron chi connectivity index (χ1n) is 6.17. The zero-order valence-corrected chi connectivity index (χ0v) is 11.0. The van der Waals surface area contributed by atoms with Gasteiger partial charge in [-0.1, -0.05) is 13.8 Å². The maximum Gasteiger partial charge on any atom is 0.239 e. The Labute approximate surface area is 103 Å². The van der Waals surface area contributed by atoms with Gasteiger partial charge in [-0.15, -0.1) is 0 Å². The van der Waals surface area contributed by atoms with E-state index >= 15 is 0 Å². The van der Waals surface area contributed by atoms with Crippen LogP contribution in [0.4, 0.5) is 0 Å². The summed E-state index contributed by atoms with van der Waals surface area (Å²) in [6, 6.07) is 2.03. The highest BCUT2D eigenvalue weighted by Crippen LogP contribution is 2.01. The highest BCUT2D eigenvalue weighted by molar-refractivity contribution is 5.75. The zero-order chi connectivity index (χ0) is 12.7. The third-order valence-corrected chi connectivity index (χ3v) is 2.56. The molecule has 2 N–H and O–H groups in total. The van der Waals surface area contributed by atoms with Crippen molar-refractivity contribution in [2.75, 3.05) is 13.6 Å². The lowest BCUT2D eigenvalue weighted by molar-refractivity contribution is -0.121. The fourth-order valence-corrected chi connectivity index (χ4v) is 1.62. The van der Waals surface area contributed by atoms with Gasteiger partial charge in [0, 0.05) is 25.5 Å². The Morgan fingerprint density at radius 1 is 1.47 bits per heavy atom. The summed E-state index contributed by atoms with van der Waals surface area (Å²) >= 11 is 0. The lowest BCUT2D eigenvalue weighted by Crippen LogP contribution is -2.28. The van der Waals surface area contributed by atoms with E-state index in [0.717, 1.165) is 19.5 Å². The third kappa shape index (κ3) is 5.54. The second kappa shape index (κ2) is 7.12. The van der Waals surface area contributed by atoms with Crippen LogP contribution in [-0.2, 0) is 17.9 Å². The number of carbonyl (C=O) groups is 1. The normalized spacial score (nSPS) is 10.8. The molecule has 0 radical (unpaired) electrons. The monoisotopic (exact) mass is 237 g/mol. The second-order valence-electron chi connectivity index (χ2n) is 4.75. The van der Waals surface area contributed by atoms with Crippen molar-refractivity contribution >= 4 is 5.91 Å². The van der Waals surface area contributed by atoms with Crippen molar-refractivity contribution in [3.63, 3.8) is 0 Å². The number of amides is 1. The van der Waals surface area contributed by atoms with Gasteiger partial charge in [-0.2, -0.15) is 0 Å². The second-order valence-corrected chi connectivity index (χ2v) is 4.75. The van der Waals surface area contributed by atoms with E-state index in [-0.39, 0.29) is 5.91 Å². The molecule has 0 aliphatic rings. The van der Waals surface area contributed by atoms with Crippen LogP contribution in [0.2, 0.25) is 0 Å². The van der Waals surface area contributed by atoms with Crippen molar-refractivity contribution < 1.29 is 4.79 Å². The maximum atomic E-state index is 11.6. The summed E-state index contributed by atoms with van der Waals surface area (Å²) in [5, 5.41) is 6.01. The Morgan fingerprint density at radius 2 is 2.24 bits per heavy atom. The minimum absolute atomic E-state index is 0.0808. The molecular formula is C13H23N3O. The summed E-state index contributed by atoms with van der Waals surface area (Å²) in [5.74, 6) is 0.710. The average molecular weight is 237 g/mol. The average Bonchev–Trinajstić information content (AvgIpc) is 2.65. The molecule has 0 aromatic carbocycles. The topological polar surface area (TPSA) is 46.1 Å². The molecule has 0 atom stereocenters. The van der Waals surface area contributed by atoms with E-state index in [1.165, 1.54) is 5.56 Å². The van der Waals surface area contributed by atoms with Gasteiger partial charge >= 0.3 is 0 Å². The van der Waals surface area contributed by atoms with Gasteiger partial charge in [-0.25, -0.2) is 0 Å². The molecule has 0 fully saturated rings. The van der Waals surface area contributed by atoms with Gasteiger partial charge < -0.3 is 15.2 Å². The number of hydrogen-bond acceptors (Lipinski definition) is 2. The van der Waals surface area contributed by atoms with Crippen LogP contribution >= 0.6 is 0 Å². The largest absolute Gasteiger partial charge is 0.355 e. The lowest BCUT2D eigenvalue weighted by atomic mass is 10.1. The highest BCUT2D eigenvalue weighted by atomic mass is 16.1. The van der Waals surface area contributed by atoms with Crippen LogP contribution in [0.3, 0.4) is 0 Å². The van der Waals surface area contributed by atoms with Crippen LogP contribution in [0.5, 0.6) is 0 Å². The first-order valence-corrected chi connectivity index (χ1v) is 6.17. The quantitative estimate of drug-likeness (QED) is 0.752. The van der Waals surface area contributed by atoms with E-state index in [1.54, 1.807) is 0 Å². The molecule has 0 saturated heterocycles. The number of carbonyl (C=O) groups excluding carboxylic acids is 1. The SMILES string of the molecule is CNCc1ccn(CC(=O)NCCC(C)C)c1. The summed E-state index contributed by atoms with van der Waals surface area (Å²) < 4.78 is 1.91. The summed E-state index contributed by atoms with van der Waals surface area (Å²) in [6.45, 7) is 6.31. The standard InChI is InChI=1S/C13H23N3O/c1-11(2)4-6-15-13(17)10-16-7-5-12(9-16)8-14-3/h5,7,9,11,14H,4,6,8,10H2,1-3H3,(H,15,17). The van der Waals surface area contributed by atoms with Crippen LogP contribution in [0, 0.1) is 5.92 Å². The van der Waals surface area contributed by atoms with E-state index in [9.17, 15) is 4.79 Å². The fourth-order valence-electron chi connectivity index (χ4n) is 1.62. The molecular weight excluding hydrogens is 214 g/mol. The molecule has 0 aliphatic carbocycles. The molecule has 1 aromatic rings. The van der Waals surface area contributed by atoms with E-state index in [1.807, 2.05) is 30.1 Å². The number of hydrogen-bond donors (Lipinski definition) is 2. The lowest BCUT2D eigenvalue weighted by Gasteiger charge is -2.07. The highest BCUT2D eigenvalue weighted by Gasteiger charge is 2.03. The zero-order valence-electron chi connectivity index (χ0n) is 11.0. The van der Waals surface area contributed by atoms with Gasteiger partial charge in [-0.05, 0) is 31.0 Å². The van der Waals surface area contributed by atoms with Gasteiger partial charge in [0.15, 0.2) is 0 Å². The van der Waals surface area contributed by atoms with Crippen molar-refractivity contribution in [3.05, 3.63) is 24.0 Å². The maximum absolute atomic E-state index is 11.6. The molecule has 0 bridgehead atoms. The van der Waals surface area contributed by atoms with Gasteiger partial charge in [0.2, 0.25) is 5.91 Å². The Balaban J connectivity index is 2.29. The Morgan fingerprint density at radius 3 is 2.88 bits per heavy atom. The summed E-state index contributed by atoms with van der Waals surface area (Å²) in [5.41, 5.74) is 1.20. The minimum atomic E-state index is 0.0808. The molecule has 0 aliphatic heterocycles. The Kier molecular flexibility index (Phi) is 5.77. The Bertz CT molecular complexity index is 344. The van der Waals surface area contributed by atoms with Gasteiger partial charge in [0.05, 0.1) is 0 Å². The van der Waals surface area contributed by atoms with Gasteiger partial charge in [0.25, 0.3) is 0 Å². The first kappa shape index (κ1) is 13.8. The van der Waals surface area contributed by atoms with Crippen molar-refractivity contribution in [1.82, 2.24) is 15.2 Å². The van der Waals surface area contributed by atoms with Crippen LogP contribution in [0.15, 0.2) is 18.5 Å². The molecule has 0 spiro atoms. The summed E-state index contributed by atoms with van der Waals surface area (Å²) in [4.78, 5) is 11.6.